The lowest BCUT2D eigenvalue weighted by Crippen LogP contribution is -2.43. The molecule has 27 heteroatoms. The lowest BCUT2D eigenvalue weighted by molar-refractivity contribution is -0.263. The lowest BCUT2D eigenvalue weighted by Gasteiger charge is -2.29. The fraction of sp³-hybridized carbons (Fsp3) is 0.556. The highest BCUT2D eigenvalue weighted by atomic mass is 31.2. The van der Waals surface area contributed by atoms with E-state index in [4.69, 9.17) is 58.7 Å². The number of halogens is 2. The van der Waals surface area contributed by atoms with Gasteiger partial charge in [0.05, 0.1) is 19.3 Å². The molecule has 4 aromatic heterocycles. The van der Waals surface area contributed by atoms with Crippen molar-refractivity contribution in [3.63, 3.8) is 0 Å². The molecule has 9 rings (SSSR count). The lowest BCUT2D eigenvalue weighted by atomic mass is 10.1. The molecule has 0 bridgehead atoms. The third-order valence-electron chi connectivity index (χ3n) is 9.86. The first-order valence-corrected chi connectivity index (χ1v) is 22.0. The van der Waals surface area contributed by atoms with Gasteiger partial charge in [-0.15, -0.1) is 0 Å². The van der Waals surface area contributed by atoms with E-state index in [1.54, 1.807) is 27.7 Å². The minimum absolute atomic E-state index is 0. The van der Waals surface area contributed by atoms with E-state index >= 15 is 8.78 Å². The first-order valence-electron chi connectivity index (χ1n) is 18.5. The molecule has 0 aliphatic carbocycles. The van der Waals surface area contributed by atoms with Crippen LogP contribution in [0.3, 0.4) is 0 Å². The van der Waals surface area contributed by atoms with Crippen molar-refractivity contribution in [3.8, 4) is 0 Å². The number of alkyl halides is 2. The van der Waals surface area contributed by atoms with Gasteiger partial charge in [-0.25, -0.2) is 43.2 Å². The fourth-order valence-electron chi connectivity index (χ4n) is 7.29. The minimum Gasteiger partial charge on any atom is -0.382 e. The summed E-state index contributed by atoms with van der Waals surface area (Å²) >= 11 is 0. The van der Waals surface area contributed by atoms with Crippen molar-refractivity contribution in [2.24, 2.45) is 0 Å². The van der Waals surface area contributed by atoms with Crippen molar-refractivity contribution in [1.29, 1.82) is 0 Å². The van der Waals surface area contributed by atoms with Gasteiger partial charge in [0, 0.05) is 6.66 Å². The van der Waals surface area contributed by atoms with Crippen LogP contribution in [0.2, 0.25) is 0 Å². The normalized spacial score (nSPS) is 30.2. The van der Waals surface area contributed by atoms with Gasteiger partial charge in [-0.3, -0.25) is 18.2 Å². The van der Waals surface area contributed by atoms with Crippen molar-refractivity contribution in [2.75, 3.05) is 31.3 Å². The van der Waals surface area contributed by atoms with Gasteiger partial charge in [0.2, 0.25) is 0 Å². The Kier molecular flexibility index (Phi) is 13.3. The Bertz CT molecular complexity index is 2520. The van der Waals surface area contributed by atoms with E-state index in [0.29, 0.717) is 16.7 Å². The van der Waals surface area contributed by atoms with Gasteiger partial charge in [-0.1, -0.05) is 45.2 Å². The molecule has 0 spiro atoms. The van der Waals surface area contributed by atoms with Gasteiger partial charge in [-0.2, -0.15) is 0 Å². The molecule has 1 aromatic carbocycles. The van der Waals surface area contributed by atoms with Crippen molar-refractivity contribution in [1.82, 2.24) is 39.0 Å². The van der Waals surface area contributed by atoms with Crippen molar-refractivity contribution < 1.29 is 69.7 Å². The molecule has 6 N–H and O–H groups in total. The highest BCUT2D eigenvalue weighted by Gasteiger charge is 2.66. The Morgan fingerprint density at radius 2 is 1.13 bits per heavy atom. The van der Waals surface area contributed by atoms with Crippen LogP contribution in [0.4, 0.5) is 20.4 Å². The molecule has 63 heavy (non-hydrogen) atoms. The highest BCUT2D eigenvalue weighted by Crippen LogP contribution is 2.54. The van der Waals surface area contributed by atoms with E-state index in [0.717, 1.165) is 5.56 Å². The summed E-state index contributed by atoms with van der Waals surface area (Å²) < 4.78 is 108. The second-order valence-electron chi connectivity index (χ2n) is 15.4. The summed E-state index contributed by atoms with van der Waals surface area (Å²) in [6, 6.07) is 9.17. The number of ether oxygens (including phenoxy) is 6. The Hall–Kier alpha value is -4.20. The zero-order chi connectivity index (χ0) is 43.8. The standard InChI is InChI=1S/C21H25FN5O6P.C13H17FN5O7P.2CH4/c1-20(2)31-15-16(32-20)21(22,10-30-34(3,28)29-9-13-7-5-4-6-8-13)33-19(15)27-12-26-14-17(23)24-11-25-18(14)27;1-12(2)24-7-8(25-12)13(14,3-23-27(20,21)22)26-11(7)19-5-18-6-9(15)16-4-17-10(6)19;;/h4-8,11-12,15-16,19H,9-10H2,1-3H3,(H2,23,24,25);4-5,7-8,11H,3H2,1-2H3,(H2,15,16,17)(H2,20,21,22);2*1H4/t15-,16?,19+,21+,34?;7-,8?,11+,13+;;/m00../s1. The maximum Gasteiger partial charge on any atom is 0.469 e. The summed E-state index contributed by atoms with van der Waals surface area (Å²) in [5, 5.41) is 0. The summed E-state index contributed by atoms with van der Waals surface area (Å²) in [7, 11) is -8.55. The Labute approximate surface area is 359 Å². The van der Waals surface area contributed by atoms with E-state index < -0.39 is 88.8 Å². The molecular weight excluding hydrogens is 880 g/mol. The highest BCUT2D eigenvalue weighted by molar-refractivity contribution is 7.52. The predicted molar refractivity (Wildman–Crippen MR) is 217 cm³/mol. The van der Waals surface area contributed by atoms with Crippen molar-refractivity contribution >= 4 is 49.4 Å². The summed E-state index contributed by atoms with van der Waals surface area (Å²) in [5.41, 5.74) is 13.7. The van der Waals surface area contributed by atoms with Crippen LogP contribution in [0.1, 0.15) is 60.6 Å². The number of rotatable bonds is 11. The minimum atomic E-state index is -4.93. The molecule has 4 aliphatic rings. The molecular formula is C36H50F2N10O13P2. The molecule has 4 fully saturated rings. The van der Waals surface area contributed by atoms with Gasteiger partial charge in [0.1, 0.15) is 49.1 Å². The molecule has 4 aliphatic heterocycles. The number of hydrogen-bond acceptors (Lipinski definition) is 19. The maximum atomic E-state index is 16.2. The molecule has 0 saturated carbocycles. The second-order valence-corrected chi connectivity index (χ2v) is 18.7. The maximum absolute atomic E-state index is 16.2. The molecule has 4 saturated heterocycles. The molecule has 5 aromatic rings. The zero-order valence-corrected chi connectivity index (χ0v) is 34.8. The van der Waals surface area contributed by atoms with Crippen LogP contribution < -0.4 is 11.5 Å². The van der Waals surface area contributed by atoms with E-state index in [9.17, 15) is 9.13 Å². The van der Waals surface area contributed by atoms with Crippen LogP contribution in [-0.2, 0) is 57.7 Å². The number of anilines is 2. The van der Waals surface area contributed by atoms with Crippen LogP contribution in [0.15, 0.2) is 55.6 Å². The summed E-state index contributed by atoms with van der Waals surface area (Å²) in [6.07, 6.45) is -1.13. The number of imidazole rings is 2. The predicted octanol–water partition coefficient (Wildman–Crippen LogP) is 4.68. The van der Waals surface area contributed by atoms with Gasteiger partial charge in [0.15, 0.2) is 59.2 Å². The van der Waals surface area contributed by atoms with Gasteiger partial charge in [-0.05, 0) is 33.3 Å². The third-order valence-corrected chi connectivity index (χ3v) is 11.5. The van der Waals surface area contributed by atoms with Crippen LogP contribution in [0, 0.1) is 0 Å². The first-order chi connectivity index (χ1) is 28.6. The van der Waals surface area contributed by atoms with Crippen LogP contribution >= 0.6 is 15.4 Å². The molecule has 8 heterocycles. The zero-order valence-electron chi connectivity index (χ0n) is 33.0. The summed E-state index contributed by atoms with van der Waals surface area (Å²) in [6.45, 7) is 6.08. The Morgan fingerprint density at radius 1 is 0.683 bits per heavy atom. The van der Waals surface area contributed by atoms with Crippen LogP contribution in [-0.4, -0.2) is 116 Å². The largest absolute Gasteiger partial charge is 0.469 e. The number of fused-ring (bicyclic) bond motifs is 4. The average Bonchev–Trinajstić information content (AvgIpc) is 4.03. The number of benzene rings is 1. The van der Waals surface area contributed by atoms with E-state index in [1.807, 2.05) is 30.3 Å². The van der Waals surface area contributed by atoms with Gasteiger partial charge in [0.25, 0.3) is 11.7 Å². The third kappa shape index (κ3) is 9.76. The molecule has 9 atom stereocenters. The number of nitrogens with zero attached hydrogens (tertiary/aromatic N) is 8. The summed E-state index contributed by atoms with van der Waals surface area (Å²) in [5.74, 6) is -7.09. The number of nitrogens with two attached hydrogens (primary N) is 2. The van der Waals surface area contributed by atoms with E-state index in [1.165, 1.54) is 41.1 Å². The molecule has 23 nitrogen and oxygen atoms in total. The molecule has 0 amide bonds. The van der Waals surface area contributed by atoms with Crippen molar-refractivity contribution in [2.45, 2.75) is 109 Å². The Balaban J connectivity index is 0.000000208. The monoisotopic (exact) mass is 930 g/mol. The van der Waals surface area contributed by atoms with Gasteiger partial charge >= 0.3 is 15.4 Å². The fourth-order valence-corrected chi connectivity index (χ4v) is 8.50. The van der Waals surface area contributed by atoms with Crippen LogP contribution in [0.5, 0.6) is 0 Å². The quantitative estimate of drug-likeness (QED) is 0.131. The summed E-state index contributed by atoms with van der Waals surface area (Å²) in [4.78, 5) is 42.2. The van der Waals surface area contributed by atoms with E-state index in [2.05, 4.69) is 34.4 Å². The number of nitrogen functional groups attached to an aromatic ring is 2. The van der Waals surface area contributed by atoms with E-state index in [-0.39, 0.29) is 38.7 Å². The Morgan fingerprint density at radius 3 is 1.57 bits per heavy atom. The second kappa shape index (κ2) is 17.3. The SMILES string of the molecule is C.C.CC1(C)OC2[C@H](O1)[C@H](n1cnc3c(N)ncnc31)O[C@]2(F)COP(=O)(O)O.CC1(C)OC2[C@H](O1)[C@H](n1cnc3c(N)ncnc31)O[C@]2(F)COP(C)(=O)OCc1ccccc1. The van der Waals surface area contributed by atoms with Crippen LogP contribution in [0.25, 0.3) is 22.3 Å². The topological polar surface area (TPSA) is 297 Å². The van der Waals surface area contributed by atoms with Gasteiger partial charge < -0.3 is 58.7 Å². The molecule has 3 unspecified atom stereocenters. The molecule has 346 valence electrons. The number of phosphoric ester groups is 1. The first kappa shape index (κ1) is 48.3. The number of hydrogen-bond donors (Lipinski definition) is 4. The smallest absolute Gasteiger partial charge is 0.382 e. The average molecular weight is 931 g/mol. The number of phosphoric acid groups is 1. The molecule has 0 radical (unpaired) electrons. The number of aromatic nitrogens is 8. The van der Waals surface area contributed by atoms with Crippen molar-refractivity contribution in [3.05, 3.63) is 61.2 Å².